The summed E-state index contributed by atoms with van der Waals surface area (Å²) < 4.78 is 3.27. The molecular formula is C22H43N3O3S. The van der Waals surface area contributed by atoms with Gasteiger partial charge in [0.1, 0.15) is 12.6 Å². The maximum absolute atomic E-state index is 11.2. The van der Waals surface area contributed by atoms with Gasteiger partial charge in [-0.15, -0.1) is 0 Å². The van der Waals surface area contributed by atoms with E-state index in [1.165, 1.54) is 50.5 Å². The summed E-state index contributed by atoms with van der Waals surface area (Å²) in [6, 6.07) is 0. The Morgan fingerprint density at radius 3 is 1.76 bits per heavy atom. The van der Waals surface area contributed by atoms with Gasteiger partial charge in [-0.05, 0) is 51.7 Å². The van der Waals surface area contributed by atoms with E-state index in [1.54, 1.807) is 7.05 Å². The summed E-state index contributed by atoms with van der Waals surface area (Å²) in [5, 5.41) is 2.62. The summed E-state index contributed by atoms with van der Waals surface area (Å²) in [6.07, 6.45) is 16.2. The van der Waals surface area contributed by atoms with Gasteiger partial charge in [0.05, 0.1) is 5.75 Å². The van der Waals surface area contributed by atoms with Gasteiger partial charge in [0.25, 0.3) is 0 Å². The van der Waals surface area contributed by atoms with Crippen LogP contribution in [0.3, 0.4) is 0 Å². The molecule has 0 heterocycles. The average molecular weight is 430 g/mol. The minimum atomic E-state index is 0.0467. The summed E-state index contributed by atoms with van der Waals surface area (Å²) in [6.45, 7) is 4.29. The summed E-state index contributed by atoms with van der Waals surface area (Å²) in [4.78, 5) is 34.5. The van der Waals surface area contributed by atoms with Gasteiger partial charge in [0.2, 0.25) is 5.91 Å². The van der Waals surface area contributed by atoms with Gasteiger partial charge in [-0.1, -0.05) is 50.5 Å². The number of carbonyl (C=O) groups excluding carboxylic acids is 3. The fourth-order valence-electron chi connectivity index (χ4n) is 3.16. The van der Waals surface area contributed by atoms with Gasteiger partial charge in [-0.3, -0.25) is 9.52 Å². The SMILES string of the molecule is CNC(=O)CSNCCCN(CCCCCCCC=O)CCCCCCCC=O. The molecule has 2 N–H and O–H groups in total. The molecule has 0 rings (SSSR count). The maximum Gasteiger partial charge on any atom is 0.231 e. The highest BCUT2D eigenvalue weighted by molar-refractivity contribution is 7.98. The van der Waals surface area contributed by atoms with Crippen molar-refractivity contribution in [2.24, 2.45) is 0 Å². The highest BCUT2D eigenvalue weighted by Gasteiger charge is 2.05. The minimum Gasteiger partial charge on any atom is -0.358 e. The molecule has 6 nitrogen and oxygen atoms in total. The molecule has 0 aromatic carbocycles. The number of nitrogens with zero attached hydrogens (tertiary/aromatic N) is 1. The quantitative estimate of drug-likeness (QED) is 0.146. The molecule has 0 bridgehead atoms. The molecule has 0 aromatic rings. The number of hydrogen-bond acceptors (Lipinski definition) is 6. The first kappa shape index (κ1) is 28.1. The second kappa shape index (κ2) is 23.4. The van der Waals surface area contributed by atoms with Crippen LogP contribution >= 0.6 is 11.9 Å². The summed E-state index contributed by atoms with van der Waals surface area (Å²) in [5.41, 5.74) is 0. The zero-order valence-electron chi connectivity index (χ0n) is 18.5. The standard InChI is InChI=1S/C22H43N3O3S/c1-23-22(28)21-29-24-15-14-18-25(16-10-6-2-4-8-12-19-26)17-11-7-3-5-9-13-20-27/h19-20,24H,2-18,21H2,1H3,(H,23,28). The van der Waals surface area contributed by atoms with Crippen LogP contribution in [0.4, 0.5) is 0 Å². The van der Waals surface area contributed by atoms with E-state index in [1.807, 2.05) is 0 Å². The molecule has 170 valence electrons. The molecule has 0 saturated heterocycles. The van der Waals surface area contributed by atoms with Crippen LogP contribution in [0.15, 0.2) is 0 Å². The minimum absolute atomic E-state index is 0.0467. The van der Waals surface area contributed by atoms with Crippen molar-refractivity contribution in [2.75, 3.05) is 39.0 Å². The van der Waals surface area contributed by atoms with Crippen molar-refractivity contribution in [2.45, 2.75) is 83.5 Å². The van der Waals surface area contributed by atoms with Gasteiger partial charge in [-0.2, -0.15) is 0 Å². The molecular weight excluding hydrogens is 386 g/mol. The number of unbranched alkanes of at least 4 members (excludes halogenated alkanes) is 10. The first-order chi connectivity index (χ1) is 14.2. The number of carbonyl (C=O) groups is 3. The van der Waals surface area contributed by atoms with Crippen LogP contribution in [0.1, 0.15) is 83.5 Å². The monoisotopic (exact) mass is 429 g/mol. The van der Waals surface area contributed by atoms with E-state index in [2.05, 4.69) is 14.9 Å². The van der Waals surface area contributed by atoms with E-state index in [-0.39, 0.29) is 5.91 Å². The van der Waals surface area contributed by atoms with Crippen molar-refractivity contribution in [1.29, 1.82) is 0 Å². The fourth-order valence-corrected chi connectivity index (χ4v) is 3.82. The van der Waals surface area contributed by atoms with Crippen molar-refractivity contribution in [3.05, 3.63) is 0 Å². The van der Waals surface area contributed by atoms with Crippen LogP contribution in [0.5, 0.6) is 0 Å². The number of hydrogen-bond donors (Lipinski definition) is 2. The van der Waals surface area contributed by atoms with Gasteiger partial charge in [0.15, 0.2) is 0 Å². The topological polar surface area (TPSA) is 78.5 Å². The predicted octanol–water partition coefficient (Wildman–Crippen LogP) is 3.74. The van der Waals surface area contributed by atoms with Gasteiger partial charge in [0, 0.05) is 26.4 Å². The van der Waals surface area contributed by atoms with Crippen LogP contribution < -0.4 is 10.0 Å². The average Bonchev–Trinajstić information content (AvgIpc) is 2.73. The van der Waals surface area contributed by atoms with Gasteiger partial charge < -0.3 is 19.8 Å². The molecule has 29 heavy (non-hydrogen) atoms. The Bertz CT molecular complexity index is 375. The lowest BCUT2D eigenvalue weighted by atomic mass is 10.1. The van der Waals surface area contributed by atoms with E-state index in [0.29, 0.717) is 18.6 Å². The molecule has 0 aliphatic rings. The van der Waals surface area contributed by atoms with E-state index in [4.69, 9.17) is 0 Å². The molecule has 0 atom stereocenters. The molecule has 0 aliphatic carbocycles. The first-order valence-electron chi connectivity index (χ1n) is 11.4. The summed E-state index contributed by atoms with van der Waals surface area (Å²) >= 11 is 1.47. The van der Waals surface area contributed by atoms with Gasteiger partial charge in [-0.25, -0.2) is 0 Å². The van der Waals surface area contributed by atoms with E-state index >= 15 is 0 Å². The smallest absolute Gasteiger partial charge is 0.231 e. The molecule has 0 radical (unpaired) electrons. The lowest BCUT2D eigenvalue weighted by molar-refractivity contribution is -0.118. The zero-order valence-corrected chi connectivity index (χ0v) is 19.3. The largest absolute Gasteiger partial charge is 0.358 e. The van der Waals surface area contributed by atoms with Crippen LogP contribution in [0.25, 0.3) is 0 Å². The van der Waals surface area contributed by atoms with Crippen molar-refractivity contribution in [3.63, 3.8) is 0 Å². The van der Waals surface area contributed by atoms with E-state index in [9.17, 15) is 14.4 Å². The Balaban J connectivity index is 3.89. The summed E-state index contributed by atoms with van der Waals surface area (Å²) in [7, 11) is 1.66. The Labute approximate surface area is 182 Å². The lowest BCUT2D eigenvalue weighted by Gasteiger charge is -2.22. The molecule has 0 spiro atoms. The Morgan fingerprint density at radius 1 is 0.759 bits per heavy atom. The highest BCUT2D eigenvalue weighted by atomic mass is 32.2. The molecule has 0 unspecified atom stereocenters. The third-order valence-corrected chi connectivity index (χ3v) is 5.74. The molecule has 1 amide bonds. The number of rotatable bonds is 23. The Hall–Kier alpha value is -0.920. The fraction of sp³-hybridized carbons (Fsp3) is 0.864. The van der Waals surface area contributed by atoms with Crippen LogP contribution in [-0.4, -0.2) is 62.4 Å². The third kappa shape index (κ3) is 21.6. The first-order valence-corrected chi connectivity index (χ1v) is 12.4. The van der Waals surface area contributed by atoms with Crippen LogP contribution in [0, 0.1) is 0 Å². The second-order valence-electron chi connectivity index (χ2n) is 7.50. The Kier molecular flexibility index (Phi) is 22.6. The lowest BCUT2D eigenvalue weighted by Crippen LogP contribution is -2.29. The zero-order chi connectivity index (χ0) is 21.4. The van der Waals surface area contributed by atoms with Crippen LogP contribution in [0.2, 0.25) is 0 Å². The second-order valence-corrected chi connectivity index (χ2v) is 8.36. The maximum atomic E-state index is 11.2. The summed E-state index contributed by atoms with van der Waals surface area (Å²) in [5.74, 6) is 0.499. The molecule has 0 fully saturated rings. The normalized spacial score (nSPS) is 11.0. The van der Waals surface area contributed by atoms with Crippen molar-refractivity contribution in [3.8, 4) is 0 Å². The van der Waals surface area contributed by atoms with E-state index in [0.717, 1.165) is 70.9 Å². The molecule has 0 aliphatic heterocycles. The van der Waals surface area contributed by atoms with Crippen molar-refractivity contribution >= 4 is 30.4 Å². The number of amides is 1. The molecule has 7 heteroatoms. The van der Waals surface area contributed by atoms with Crippen LogP contribution in [-0.2, 0) is 14.4 Å². The molecule has 0 aromatic heterocycles. The van der Waals surface area contributed by atoms with E-state index < -0.39 is 0 Å². The number of nitrogens with one attached hydrogen (secondary N) is 2. The third-order valence-electron chi connectivity index (χ3n) is 4.93. The van der Waals surface area contributed by atoms with Crippen molar-refractivity contribution < 1.29 is 14.4 Å². The van der Waals surface area contributed by atoms with Crippen molar-refractivity contribution in [1.82, 2.24) is 14.9 Å². The van der Waals surface area contributed by atoms with Gasteiger partial charge >= 0.3 is 0 Å². The predicted molar refractivity (Wildman–Crippen MR) is 123 cm³/mol. The molecule has 0 saturated carbocycles. The number of aldehydes is 2. The Morgan fingerprint density at radius 2 is 1.24 bits per heavy atom. The highest BCUT2D eigenvalue weighted by Crippen LogP contribution is 2.09.